The van der Waals surface area contributed by atoms with E-state index in [-0.39, 0.29) is 13.2 Å². The number of esters is 1. The summed E-state index contributed by atoms with van der Waals surface area (Å²) in [6, 6.07) is -2.40. The van der Waals surface area contributed by atoms with Crippen LogP contribution in [0.1, 0.15) is 19.8 Å². The molecule has 0 bridgehead atoms. The summed E-state index contributed by atoms with van der Waals surface area (Å²) in [4.78, 5) is 36.0. The fourth-order valence-corrected chi connectivity index (χ4v) is 1.96. The highest BCUT2D eigenvalue weighted by atomic mass is 16.5. The van der Waals surface area contributed by atoms with E-state index in [0.717, 1.165) is 0 Å². The molecule has 1 aliphatic rings. The van der Waals surface area contributed by atoms with Gasteiger partial charge in [0.25, 0.3) is 0 Å². The topological polar surface area (TPSA) is 105 Å². The van der Waals surface area contributed by atoms with Crippen LogP contribution in [-0.4, -0.2) is 66.9 Å². The van der Waals surface area contributed by atoms with E-state index in [0.29, 0.717) is 19.4 Å². The van der Waals surface area contributed by atoms with Crippen molar-refractivity contribution in [3.63, 3.8) is 0 Å². The van der Waals surface area contributed by atoms with Crippen molar-refractivity contribution >= 4 is 18.0 Å². The number of ether oxygens (including phenoxy) is 2. The number of amides is 2. The molecular weight excluding hydrogens is 268 g/mol. The van der Waals surface area contributed by atoms with E-state index in [2.05, 4.69) is 10.1 Å². The second-order valence-corrected chi connectivity index (χ2v) is 4.44. The summed E-state index contributed by atoms with van der Waals surface area (Å²) in [5.41, 5.74) is 0. The van der Waals surface area contributed by atoms with E-state index in [1.807, 2.05) is 6.92 Å². The largest absolute Gasteiger partial charge is 0.480 e. The molecule has 8 heteroatoms. The summed E-state index contributed by atoms with van der Waals surface area (Å²) >= 11 is 0. The van der Waals surface area contributed by atoms with Crippen LogP contribution in [-0.2, 0) is 19.1 Å². The number of aliphatic carboxylic acids is 1. The Morgan fingerprint density at radius 2 is 2.20 bits per heavy atom. The minimum atomic E-state index is -1.09. The van der Waals surface area contributed by atoms with Crippen molar-refractivity contribution in [2.24, 2.45) is 0 Å². The monoisotopic (exact) mass is 288 g/mol. The molecule has 0 aromatic rings. The van der Waals surface area contributed by atoms with E-state index >= 15 is 0 Å². The van der Waals surface area contributed by atoms with Gasteiger partial charge in [-0.2, -0.15) is 0 Å². The number of methoxy groups -OCH3 is 1. The molecule has 2 amide bonds. The van der Waals surface area contributed by atoms with Crippen LogP contribution in [0.2, 0.25) is 0 Å². The van der Waals surface area contributed by atoms with Crippen LogP contribution in [0.3, 0.4) is 0 Å². The van der Waals surface area contributed by atoms with Crippen LogP contribution in [0.5, 0.6) is 0 Å². The molecule has 0 radical (unpaired) electrons. The summed E-state index contributed by atoms with van der Waals surface area (Å²) in [5, 5.41) is 11.4. The molecule has 1 heterocycles. The maximum atomic E-state index is 12.1. The van der Waals surface area contributed by atoms with E-state index in [1.165, 1.54) is 12.0 Å². The van der Waals surface area contributed by atoms with Gasteiger partial charge in [0.05, 0.1) is 20.3 Å². The number of carboxylic acid groups (broad SMARTS) is 1. The lowest BCUT2D eigenvalue weighted by Gasteiger charge is -2.34. The maximum Gasteiger partial charge on any atom is 0.331 e. The Kier molecular flexibility index (Phi) is 6.23. The number of carbonyl (C=O) groups excluding carboxylic acids is 2. The number of urea groups is 1. The van der Waals surface area contributed by atoms with Crippen molar-refractivity contribution in [3.8, 4) is 0 Å². The zero-order chi connectivity index (χ0) is 15.1. The molecule has 0 aliphatic carbocycles. The van der Waals surface area contributed by atoms with Gasteiger partial charge in [-0.3, -0.25) is 0 Å². The summed E-state index contributed by atoms with van der Waals surface area (Å²) in [6.45, 7) is 2.39. The number of nitrogens with zero attached hydrogens (tertiary/aromatic N) is 1. The quantitative estimate of drug-likeness (QED) is 0.680. The molecule has 0 spiro atoms. The van der Waals surface area contributed by atoms with Crippen molar-refractivity contribution in [2.75, 3.05) is 26.9 Å². The molecular formula is C12H20N2O6. The zero-order valence-electron chi connectivity index (χ0n) is 11.6. The predicted molar refractivity (Wildman–Crippen MR) is 68.2 cm³/mol. The Balaban J connectivity index is 2.71. The smallest absolute Gasteiger partial charge is 0.331 e. The maximum absolute atomic E-state index is 12.1. The van der Waals surface area contributed by atoms with E-state index in [4.69, 9.17) is 9.84 Å². The van der Waals surface area contributed by atoms with Crippen LogP contribution < -0.4 is 5.32 Å². The van der Waals surface area contributed by atoms with Gasteiger partial charge >= 0.3 is 18.0 Å². The summed E-state index contributed by atoms with van der Waals surface area (Å²) in [7, 11) is 1.23. The first-order chi connectivity index (χ1) is 9.51. The van der Waals surface area contributed by atoms with Crippen molar-refractivity contribution in [3.05, 3.63) is 0 Å². The molecule has 8 nitrogen and oxygen atoms in total. The summed E-state index contributed by atoms with van der Waals surface area (Å²) < 4.78 is 9.76. The average Bonchev–Trinajstić information content (AvgIpc) is 2.45. The summed E-state index contributed by atoms with van der Waals surface area (Å²) in [5.74, 6) is -1.68. The number of hydrogen-bond acceptors (Lipinski definition) is 5. The minimum Gasteiger partial charge on any atom is -0.480 e. The average molecular weight is 288 g/mol. The first kappa shape index (κ1) is 16.2. The molecule has 1 fully saturated rings. The molecule has 20 heavy (non-hydrogen) atoms. The molecule has 1 aliphatic heterocycles. The molecule has 0 aromatic carbocycles. The Bertz CT molecular complexity index is 373. The standard InChI is InChI=1S/C12H20N2O6/c1-3-4-8(10(15)16)13-12(18)14-5-6-20-7-9(14)11(17)19-2/h8-9H,3-7H2,1-2H3,(H,13,18)(H,15,16)/t8-,9?/m1/s1. The third-order valence-corrected chi connectivity index (χ3v) is 3.04. The van der Waals surface area contributed by atoms with Crippen LogP contribution >= 0.6 is 0 Å². The van der Waals surface area contributed by atoms with Gasteiger partial charge in [0, 0.05) is 6.54 Å². The highest BCUT2D eigenvalue weighted by Crippen LogP contribution is 2.10. The van der Waals surface area contributed by atoms with E-state index < -0.39 is 30.1 Å². The summed E-state index contributed by atoms with van der Waals surface area (Å²) in [6.07, 6.45) is 0.953. The predicted octanol–water partition coefficient (Wildman–Crippen LogP) is -0.177. The van der Waals surface area contributed by atoms with Crippen molar-refractivity contribution in [1.29, 1.82) is 0 Å². The van der Waals surface area contributed by atoms with Crippen LogP contribution in [0, 0.1) is 0 Å². The lowest BCUT2D eigenvalue weighted by Crippen LogP contribution is -2.58. The molecule has 0 aromatic heterocycles. The van der Waals surface area contributed by atoms with Gasteiger partial charge in [0.1, 0.15) is 6.04 Å². The zero-order valence-corrected chi connectivity index (χ0v) is 11.6. The highest BCUT2D eigenvalue weighted by Gasteiger charge is 2.35. The minimum absolute atomic E-state index is 0.0472. The van der Waals surface area contributed by atoms with Gasteiger partial charge in [0.2, 0.25) is 0 Å². The third kappa shape index (κ3) is 4.09. The lowest BCUT2D eigenvalue weighted by molar-refractivity contribution is -0.151. The SMILES string of the molecule is CCC[C@@H](NC(=O)N1CCOCC1C(=O)OC)C(=O)O. The fourth-order valence-electron chi connectivity index (χ4n) is 1.96. The van der Waals surface area contributed by atoms with Crippen molar-refractivity contribution < 1.29 is 29.0 Å². The first-order valence-corrected chi connectivity index (χ1v) is 6.46. The molecule has 2 atom stereocenters. The molecule has 1 unspecified atom stereocenters. The number of morpholine rings is 1. The van der Waals surface area contributed by atoms with Gasteiger partial charge in [-0.1, -0.05) is 13.3 Å². The Labute approximate surface area is 117 Å². The second kappa shape index (κ2) is 7.68. The van der Waals surface area contributed by atoms with Gasteiger partial charge in [-0.05, 0) is 6.42 Å². The Morgan fingerprint density at radius 1 is 1.50 bits per heavy atom. The van der Waals surface area contributed by atoms with E-state index in [1.54, 1.807) is 0 Å². The fraction of sp³-hybridized carbons (Fsp3) is 0.750. The van der Waals surface area contributed by atoms with E-state index in [9.17, 15) is 14.4 Å². The van der Waals surface area contributed by atoms with Gasteiger partial charge < -0.3 is 24.8 Å². The Morgan fingerprint density at radius 3 is 2.75 bits per heavy atom. The molecule has 0 saturated carbocycles. The second-order valence-electron chi connectivity index (χ2n) is 4.44. The van der Waals surface area contributed by atoms with Crippen molar-refractivity contribution in [1.82, 2.24) is 10.2 Å². The van der Waals surface area contributed by atoms with Crippen LogP contribution in [0.15, 0.2) is 0 Å². The molecule has 114 valence electrons. The van der Waals surface area contributed by atoms with Crippen LogP contribution in [0.4, 0.5) is 4.79 Å². The van der Waals surface area contributed by atoms with Gasteiger partial charge in [-0.25, -0.2) is 14.4 Å². The lowest BCUT2D eigenvalue weighted by atomic mass is 10.1. The number of nitrogens with one attached hydrogen (secondary N) is 1. The van der Waals surface area contributed by atoms with Gasteiger partial charge in [-0.15, -0.1) is 0 Å². The normalized spacial score (nSPS) is 20.1. The molecule has 1 saturated heterocycles. The van der Waals surface area contributed by atoms with Crippen LogP contribution in [0.25, 0.3) is 0 Å². The molecule has 1 rings (SSSR count). The number of rotatable bonds is 5. The number of carboxylic acids is 1. The van der Waals surface area contributed by atoms with Crippen molar-refractivity contribution in [2.45, 2.75) is 31.8 Å². The Hall–Kier alpha value is -1.83. The van der Waals surface area contributed by atoms with Gasteiger partial charge in [0.15, 0.2) is 6.04 Å². The highest BCUT2D eigenvalue weighted by molar-refractivity contribution is 5.86. The first-order valence-electron chi connectivity index (χ1n) is 6.46. The molecule has 2 N–H and O–H groups in total. The number of carbonyl (C=O) groups is 3. The number of hydrogen-bond donors (Lipinski definition) is 2. The third-order valence-electron chi connectivity index (χ3n) is 3.04.